The van der Waals surface area contributed by atoms with Crippen LogP contribution in [0.2, 0.25) is 0 Å². The minimum absolute atomic E-state index is 0. The standard InChI is InChI=1S/C15H14O2.C14H14O9S3.C9H10O.C8H10O4S.3C2H6.3CH4/c1-11-3-7-14(8-4-11)17-15-9-5-13(6-10-15)12(2)16;1-9-3-4-11(8-14(9)26(18,19)20)25(16,17)10-5-6-12(21-2)13(7-10)24-23-22-15;1-7-3-5-9(6-4-7)8(2)10;1-6-3-4-7(12-2)8(5-6)13(9,10)11;3*1-2;;;/h3-10H,1-2H3;3-8,15H,1-2H3,(H,18,19,20);3-6H,1-2H3;3-5H,1-2H3,(H,9,10,11);3*1-2H3;3*1H4. The lowest BCUT2D eigenvalue weighted by Crippen LogP contribution is -2.07. The van der Waals surface area contributed by atoms with Crippen molar-refractivity contribution in [3.05, 3.63) is 161 Å². The number of carbonyl (C=O) groups excluding carboxylic acids is 2. The van der Waals surface area contributed by atoms with Crippen LogP contribution in [0.25, 0.3) is 0 Å². The Kier molecular flexibility index (Phi) is 38.0. The number of hydrogen-bond acceptors (Lipinski definition) is 15. The zero-order valence-corrected chi connectivity index (χ0v) is 46.2. The van der Waals surface area contributed by atoms with Gasteiger partial charge in [0.25, 0.3) is 20.2 Å². The number of rotatable bonds is 13. The van der Waals surface area contributed by atoms with E-state index in [1.807, 2.05) is 104 Å². The Morgan fingerprint density at radius 3 is 1.27 bits per heavy atom. The van der Waals surface area contributed by atoms with E-state index < -0.39 is 35.0 Å². The van der Waals surface area contributed by atoms with Gasteiger partial charge in [-0.1, -0.05) is 129 Å². The summed E-state index contributed by atoms with van der Waals surface area (Å²) in [5.74, 6) is 2.12. The van der Waals surface area contributed by atoms with Crippen LogP contribution in [-0.2, 0) is 39.4 Å². The smallest absolute Gasteiger partial charge is 0.298 e. The second-order valence-corrected chi connectivity index (χ2v) is 19.5. The molecular formula is C55H78O16S4. The Morgan fingerprint density at radius 1 is 0.480 bits per heavy atom. The molecule has 0 aliphatic rings. The van der Waals surface area contributed by atoms with E-state index in [0.717, 1.165) is 28.7 Å². The number of ketones is 2. The van der Waals surface area contributed by atoms with Crippen LogP contribution in [0.3, 0.4) is 0 Å². The molecule has 0 aromatic heterocycles. The number of sulfone groups is 1. The average Bonchev–Trinajstić information content (AvgIpc) is 3.36. The molecule has 0 saturated carbocycles. The summed E-state index contributed by atoms with van der Waals surface area (Å²) in [6, 6.07) is 34.3. The Hall–Kier alpha value is -5.94. The van der Waals surface area contributed by atoms with E-state index in [9.17, 15) is 39.4 Å². The number of benzene rings is 6. The maximum absolute atomic E-state index is 12.8. The quantitative estimate of drug-likeness (QED) is 0.0320. The fourth-order valence-electron chi connectivity index (χ4n) is 5.38. The van der Waals surface area contributed by atoms with Crippen molar-refractivity contribution in [1.82, 2.24) is 0 Å². The largest absolute Gasteiger partial charge is 0.495 e. The molecule has 0 heterocycles. The summed E-state index contributed by atoms with van der Waals surface area (Å²) in [4.78, 5) is 20.8. The Morgan fingerprint density at radius 2 is 0.853 bits per heavy atom. The minimum Gasteiger partial charge on any atom is -0.495 e. The highest BCUT2D eigenvalue weighted by molar-refractivity contribution is 7.95. The first kappa shape index (κ1) is 75.6. The number of aryl methyl sites for hydroxylation is 4. The highest BCUT2D eigenvalue weighted by Gasteiger charge is 2.24. The maximum Gasteiger partial charge on any atom is 0.298 e. The van der Waals surface area contributed by atoms with Crippen LogP contribution in [-0.4, -0.2) is 65.4 Å². The Bertz CT molecular complexity index is 2940. The predicted molar refractivity (Wildman–Crippen MR) is 301 cm³/mol. The van der Waals surface area contributed by atoms with Gasteiger partial charge in [0.05, 0.1) is 45.8 Å². The monoisotopic (exact) mass is 1120 g/mol. The van der Waals surface area contributed by atoms with E-state index in [0.29, 0.717) is 17.6 Å². The summed E-state index contributed by atoms with van der Waals surface area (Å²) in [5, 5.41) is 11.7. The first-order valence-corrected chi connectivity index (χ1v) is 27.2. The lowest BCUT2D eigenvalue weighted by Gasteiger charge is -2.11. The second kappa shape index (κ2) is 37.7. The fourth-order valence-corrected chi connectivity index (χ4v) is 8.84. The zero-order chi connectivity index (χ0) is 55.4. The third-order valence-corrected chi connectivity index (χ3v) is 13.2. The summed E-state index contributed by atoms with van der Waals surface area (Å²) >= 11 is 0.509. The van der Waals surface area contributed by atoms with Crippen LogP contribution < -0.4 is 14.2 Å². The molecule has 3 N–H and O–H groups in total. The van der Waals surface area contributed by atoms with E-state index in [1.165, 1.54) is 74.7 Å². The van der Waals surface area contributed by atoms with Crippen molar-refractivity contribution in [2.24, 2.45) is 0 Å². The van der Waals surface area contributed by atoms with E-state index in [1.54, 1.807) is 51.1 Å². The first-order valence-electron chi connectivity index (χ1n) is 22.1. The van der Waals surface area contributed by atoms with Crippen LogP contribution in [0, 0.1) is 27.7 Å². The van der Waals surface area contributed by atoms with Gasteiger partial charge >= 0.3 is 0 Å². The fraction of sp³-hybridized carbons (Fsp3) is 0.309. The van der Waals surface area contributed by atoms with Crippen molar-refractivity contribution in [2.45, 2.75) is 130 Å². The SMILES string of the molecule is C.C.C.CC.CC.CC.CC(=O)c1ccc(C)cc1.CC(=O)c1ccc(Oc2ccc(C)cc2)cc1.COc1ccc(C)cc1S(=O)(=O)O.COc1ccc(S(=O)(=O)c2ccc(C)c(S(=O)(=O)O)c2)cc1SOOO. The highest BCUT2D eigenvalue weighted by Crippen LogP contribution is 2.35. The van der Waals surface area contributed by atoms with E-state index in [2.05, 4.69) is 9.37 Å². The molecule has 0 fully saturated rings. The third-order valence-electron chi connectivity index (χ3n) is 8.92. The van der Waals surface area contributed by atoms with Gasteiger partial charge in [-0.2, -0.15) is 16.8 Å². The Balaban J connectivity index is -0.000000449. The molecule has 418 valence electrons. The van der Waals surface area contributed by atoms with Crippen molar-refractivity contribution >= 4 is 53.7 Å². The molecule has 0 amide bonds. The average molecular weight is 1120 g/mol. The van der Waals surface area contributed by atoms with Gasteiger partial charge in [0, 0.05) is 11.1 Å². The number of hydrogen-bond donors (Lipinski definition) is 3. The molecule has 0 atom stereocenters. The van der Waals surface area contributed by atoms with Gasteiger partial charge in [-0.25, -0.2) is 13.7 Å². The van der Waals surface area contributed by atoms with E-state index >= 15 is 0 Å². The number of carbonyl (C=O) groups is 2. The molecule has 0 bridgehead atoms. The van der Waals surface area contributed by atoms with Crippen molar-refractivity contribution < 1.29 is 72.8 Å². The molecule has 20 heteroatoms. The lowest BCUT2D eigenvalue weighted by atomic mass is 10.1. The number of Topliss-reactive ketones (excluding diaryl/α,β-unsaturated/α-hetero) is 2. The van der Waals surface area contributed by atoms with Gasteiger partial charge < -0.3 is 14.2 Å². The predicted octanol–water partition coefficient (Wildman–Crippen LogP) is 14.9. The molecular weight excluding hydrogens is 1040 g/mol. The van der Waals surface area contributed by atoms with Crippen LogP contribution in [0.15, 0.2) is 152 Å². The highest BCUT2D eigenvalue weighted by atomic mass is 32.2. The summed E-state index contributed by atoms with van der Waals surface area (Å²) in [6.45, 7) is 22.3. The van der Waals surface area contributed by atoms with Gasteiger partial charge in [0.2, 0.25) is 9.84 Å². The molecule has 75 heavy (non-hydrogen) atoms. The van der Waals surface area contributed by atoms with Crippen LogP contribution in [0.5, 0.6) is 23.0 Å². The molecule has 6 rings (SSSR count). The minimum atomic E-state index is -4.58. The number of ether oxygens (including phenoxy) is 3. The van der Waals surface area contributed by atoms with Crippen molar-refractivity contribution in [3.8, 4) is 23.0 Å². The van der Waals surface area contributed by atoms with Gasteiger partial charge in [-0.05, 0) is 132 Å². The number of methoxy groups -OCH3 is 2. The summed E-state index contributed by atoms with van der Waals surface area (Å²) < 4.78 is 108. The van der Waals surface area contributed by atoms with Crippen LogP contribution in [0.4, 0.5) is 0 Å². The molecule has 16 nitrogen and oxygen atoms in total. The van der Waals surface area contributed by atoms with E-state index in [-0.39, 0.29) is 70.5 Å². The maximum atomic E-state index is 12.8. The third kappa shape index (κ3) is 25.9. The Labute approximate surface area is 451 Å². The van der Waals surface area contributed by atoms with Crippen molar-refractivity contribution in [3.63, 3.8) is 0 Å². The second-order valence-electron chi connectivity index (χ2n) is 14.0. The summed E-state index contributed by atoms with van der Waals surface area (Å²) in [5.41, 5.74) is 4.81. The molecule has 0 aliphatic carbocycles. The van der Waals surface area contributed by atoms with Gasteiger partial charge in [0.15, 0.2) is 11.6 Å². The summed E-state index contributed by atoms with van der Waals surface area (Å²) in [6.07, 6.45) is 0. The zero-order valence-electron chi connectivity index (χ0n) is 42.9. The van der Waals surface area contributed by atoms with Crippen LogP contribution >= 0.6 is 12.0 Å². The van der Waals surface area contributed by atoms with Crippen LogP contribution in [0.1, 0.15) is 121 Å². The summed E-state index contributed by atoms with van der Waals surface area (Å²) in [7, 11) is -10.2. The van der Waals surface area contributed by atoms with Gasteiger partial charge in [0.1, 0.15) is 27.9 Å². The molecule has 6 aromatic rings. The van der Waals surface area contributed by atoms with Crippen molar-refractivity contribution in [1.29, 1.82) is 0 Å². The molecule has 6 aromatic carbocycles. The normalized spacial score (nSPS) is 9.93. The first-order chi connectivity index (χ1) is 33.9. The lowest BCUT2D eigenvalue weighted by molar-refractivity contribution is -0.432. The van der Waals surface area contributed by atoms with Gasteiger partial charge in [-0.15, -0.1) is 4.33 Å². The molecule has 0 radical (unpaired) electrons. The van der Waals surface area contributed by atoms with E-state index in [4.69, 9.17) is 24.0 Å². The van der Waals surface area contributed by atoms with Crippen molar-refractivity contribution in [2.75, 3.05) is 14.2 Å². The topological polar surface area (TPSA) is 243 Å². The molecule has 0 unspecified atom stereocenters. The molecule has 0 saturated heterocycles. The molecule has 0 spiro atoms. The molecule has 0 aliphatic heterocycles. The van der Waals surface area contributed by atoms with Gasteiger partial charge in [-0.3, -0.25) is 18.7 Å².